The van der Waals surface area contributed by atoms with Gasteiger partial charge in [0.25, 0.3) is 0 Å². The highest BCUT2D eigenvalue weighted by molar-refractivity contribution is 8.00. The van der Waals surface area contributed by atoms with Crippen LogP contribution in [0, 0.1) is 11.3 Å². The van der Waals surface area contributed by atoms with Gasteiger partial charge in [0, 0.05) is 4.90 Å². The molecule has 8 heteroatoms. The van der Waals surface area contributed by atoms with Crippen LogP contribution in [0.15, 0.2) is 29.3 Å². The summed E-state index contributed by atoms with van der Waals surface area (Å²) in [6.07, 6.45) is 1.55. The molecule has 0 aliphatic rings. The van der Waals surface area contributed by atoms with Crippen molar-refractivity contribution in [2.24, 2.45) is 0 Å². The minimum absolute atomic E-state index is 0.247. The van der Waals surface area contributed by atoms with Gasteiger partial charge in [-0.3, -0.25) is 0 Å². The number of ether oxygens (including phenoxy) is 1. The van der Waals surface area contributed by atoms with Crippen molar-refractivity contribution in [2.45, 2.75) is 4.90 Å². The molecule has 2 aromatic rings. The molecule has 0 saturated carbocycles. The topological polar surface area (TPSA) is 75.0 Å². The van der Waals surface area contributed by atoms with E-state index in [4.69, 9.17) is 16.9 Å². The van der Waals surface area contributed by atoms with Crippen LogP contribution >= 0.6 is 34.9 Å². The number of nitriles is 1. The number of aromatic nitrogens is 1. The van der Waals surface area contributed by atoms with Crippen LogP contribution < -0.4 is 4.72 Å². The van der Waals surface area contributed by atoms with E-state index >= 15 is 0 Å². The lowest BCUT2D eigenvalue weighted by Gasteiger charge is -2.05. The van der Waals surface area contributed by atoms with E-state index in [2.05, 4.69) is 14.4 Å². The van der Waals surface area contributed by atoms with Gasteiger partial charge in [0.15, 0.2) is 5.13 Å². The second-order valence-corrected chi connectivity index (χ2v) is 6.03. The summed E-state index contributed by atoms with van der Waals surface area (Å²) in [4.78, 5) is 16.3. The zero-order valence-corrected chi connectivity index (χ0v) is 12.6. The highest BCUT2D eigenvalue weighted by Crippen LogP contribution is 2.28. The number of rotatable bonds is 4. The number of benzene rings is 1. The van der Waals surface area contributed by atoms with Gasteiger partial charge in [0.1, 0.15) is 10.4 Å². The van der Waals surface area contributed by atoms with Crippen LogP contribution in [0.2, 0.25) is 4.34 Å². The fourth-order valence-corrected chi connectivity index (χ4v) is 2.90. The fraction of sp³-hybridized carbons (Fsp3) is 0.0833. The average molecular weight is 326 g/mol. The van der Waals surface area contributed by atoms with E-state index < -0.39 is 5.97 Å². The zero-order valence-electron chi connectivity index (χ0n) is 10.2. The normalized spacial score (nSPS) is 9.85. The third-order valence-corrected chi connectivity index (χ3v) is 4.20. The van der Waals surface area contributed by atoms with E-state index in [1.165, 1.54) is 30.4 Å². The Kier molecular flexibility index (Phi) is 4.84. The highest BCUT2D eigenvalue weighted by Gasteiger charge is 2.12. The van der Waals surface area contributed by atoms with E-state index in [-0.39, 0.29) is 11.1 Å². The third-order valence-electron chi connectivity index (χ3n) is 2.25. The molecule has 1 heterocycles. The van der Waals surface area contributed by atoms with Crippen molar-refractivity contribution in [2.75, 3.05) is 11.8 Å². The molecule has 20 heavy (non-hydrogen) atoms. The Hall–Kier alpha value is -1.75. The molecule has 5 nitrogen and oxygen atoms in total. The van der Waals surface area contributed by atoms with Gasteiger partial charge in [-0.05, 0) is 30.1 Å². The summed E-state index contributed by atoms with van der Waals surface area (Å²) in [5.74, 6) is -0.530. The lowest BCUT2D eigenvalue weighted by molar-refractivity contribution is 0.0600. The number of carbonyl (C=O) groups is 1. The van der Waals surface area contributed by atoms with Gasteiger partial charge in [-0.15, -0.1) is 0 Å². The zero-order chi connectivity index (χ0) is 14.5. The molecule has 0 aliphatic heterocycles. The molecular weight excluding hydrogens is 318 g/mol. The summed E-state index contributed by atoms with van der Waals surface area (Å²) in [5, 5.41) is 9.72. The van der Waals surface area contributed by atoms with E-state index in [1.807, 2.05) is 6.07 Å². The number of hydrogen-bond donors (Lipinski definition) is 1. The Morgan fingerprint density at radius 1 is 1.60 bits per heavy atom. The van der Waals surface area contributed by atoms with Crippen molar-refractivity contribution in [1.82, 2.24) is 4.98 Å². The van der Waals surface area contributed by atoms with Gasteiger partial charge < -0.3 is 9.46 Å². The number of thiazole rings is 1. The number of nitrogens with zero attached hydrogens (tertiary/aromatic N) is 2. The van der Waals surface area contributed by atoms with Crippen molar-refractivity contribution in [3.05, 3.63) is 39.9 Å². The van der Waals surface area contributed by atoms with Crippen LogP contribution in [-0.2, 0) is 4.74 Å². The van der Waals surface area contributed by atoms with E-state index in [0.29, 0.717) is 9.47 Å². The average Bonchev–Trinajstić information content (AvgIpc) is 2.89. The Balaban J connectivity index is 2.14. The van der Waals surface area contributed by atoms with Crippen LogP contribution in [0.1, 0.15) is 15.9 Å². The predicted molar refractivity (Wildman–Crippen MR) is 79.1 cm³/mol. The minimum atomic E-state index is -0.530. The Labute approximate surface area is 128 Å². The summed E-state index contributed by atoms with van der Waals surface area (Å²) in [7, 11) is 1.28. The lowest BCUT2D eigenvalue weighted by Crippen LogP contribution is -2.04. The Bertz CT molecular complexity index is 682. The molecular formula is C12H8ClN3O2S2. The second-order valence-electron chi connectivity index (χ2n) is 3.48. The molecule has 0 fully saturated rings. The van der Waals surface area contributed by atoms with Gasteiger partial charge in [-0.2, -0.15) is 5.26 Å². The van der Waals surface area contributed by atoms with Crippen LogP contribution in [0.5, 0.6) is 0 Å². The summed E-state index contributed by atoms with van der Waals surface area (Å²) in [6.45, 7) is 0. The largest absolute Gasteiger partial charge is 0.465 e. The van der Waals surface area contributed by atoms with Crippen molar-refractivity contribution in [1.29, 1.82) is 5.26 Å². The molecule has 0 spiro atoms. The molecule has 102 valence electrons. The Morgan fingerprint density at radius 3 is 3.00 bits per heavy atom. The first-order chi connectivity index (χ1) is 9.63. The van der Waals surface area contributed by atoms with Crippen molar-refractivity contribution >= 4 is 46.0 Å². The van der Waals surface area contributed by atoms with Crippen LogP contribution in [-0.4, -0.2) is 18.1 Å². The number of esters is 1. The molecule has 1 aromatic carbocycles. The van der Waals surface area contributed by atoms with Crippen molar-refractivity contribution in [3.8, 4) is 6.07 Å². The number of carbonyl (C=O) groups excluding carboxylic acids is 1. The molecule has 0 amide bonds. The number of nitrogens with one attached hydrogen (secondary N) is 1. The summed E-state index contributed by atoms with van der Waals surface area (Å²) < 4.78 is 8.21. The van der Waals surface area contributed by atoms with Gasteiger partial charge in [-0.25, -0.2) is 9.78 Å². The molecule has 2 rings (SSSR count). The minimum Gasteiger partial charge on any atom is -0.465 e. The van der Waals surface area contributed by atoms with Crippen LogP contribution in [0.4, 0.5) is 5.13 Å². The standard InChI is InChI=1S/C12H8ClN3O2S2/c1-18-11(17)9-3-2-8(4-7(9)5-14)20-16-12-15-6-10(13)19-12/h2-4,6H,1H3,(H,15,16). The van der Waals surface area contributed by atoms with Crippen LogP contribution in [0.3, 0.4) is 0 Å². The molecule has 0 bridgehead atoms. The number of methoxy groups -OCH3 is 1. The third kappa shape index (κ3) is 3.42. The van der Waals surface area contributed by atoms with Gasteiger partial charge in [0.05, 0.1) is 24.4 Å². The molecule has 0 unspecified atom stereocenters. The molecule has 0 saturated heterocycles. The number of hydrogen-bond acceptors (Lipinski definition) is 7. The van der Waals surface area contributed by atoms with Gasteiger partial charge in [-0.1, -0.05) is 22.9 Å². The maximum absolute atomic E-state index is 11.5. The predicted octanol–water partition coefficient (Wildman–Crippen LogP) is 3.57. The fourth-order valence-electron chi connectivity index (χ4n) is 1.37. The first-order valence-corrected chi connectivity index (χ1v) is 7.32. The molecule has 1 aromatic heterocycles. The van der Waals surface area contributed by atoms with Crippen molar-refractivity contribution < 1.29 is 9.53 Å². The number of halogens is 1. The number of anilines is 1. The van der Waals surface area contributed by atoms with E-state index in [0.717, 1.165) is 4.90 Å². The molecule has 1 N–H and O–H groups in total. The lowest BCUT2D eigenvalue weighted by atomic mass is 10.1. The summed E-state index contributed by atoms with van der Waals surface area (Å²) in [6, 6.07) is 6.87. The second kappa shape index (κ2) is 6.61. The molecule has 0 radical (unpaired) electrons. The maximum atomic E-state index is 11.5. The van der Waals surface area contributed by atoms with Gasteiger partial charge >= 0.3 is 5.97 Å². The molecule has 0 aliphatic carbocycles. The first-order valence-electron chi connectivity index (χ1n) is 5.30. The maximum Gasteiger partial charge on any atom is 0.339 e. The quantitative estimate of drug-likeness (QED) is 0.684. The summed E-state index contributed by atoms with van der Waals surface area (Å²) >= 11 is 8.37. The van der Waals surface area contributed by atoms with Crippen LogP contribution in [0.25, 0.3) is 0 Å². The summed E-state index contributed by atoms with van der Waals surface area (Å²) in [5.41, 5.74) is 0.512. The monoisotopic (exact) mass is 325 g/mol. The highest BCUT2D eigenvalue weighted by atomic mass is 35.5. The SMILES string of the molecule is COC(=O)c1ccc(SNc2ncc(Cl)s2)cc1C#N. The molecule has 0 atom stereocenters. The Morgan fingerprint density at radius 2 is 2.40 bits per heavy atom. The first kappa shape index (κ1) is 14.7. The van der Waals surface area contributed by atoms with E-state index in [9.17, 15) is 4.79 Å². The van der Waals surface area contributed by atoms with Gasteiger partial charge in [0.2, 0.25) is 0 Å². The van der Waals surface area contributed by atoms with E-state index in [1.54, 1.807) is 24.4 Å². The smallest absolute Gasteiger partial charge is 0.339 e. The van der Waals surface area contributed by atoms with Crippen molar-refractivity contribution in [3.63, 3.8) is 0 Å².